The Morgan fingerprint density at radius 3 is 2.85 bits per heavy atom. The van der Waals surface area contributed by atoms with E-state index in [1.54, 1.807) is 0 Å². The van der Waals surface area contributed by atoms with Gasteiger partial charge in [0.05, 0.1) is 11.1 Å². The minimum Gasteiger partial charge on any atom is -0.393 e. The van der Waals surface area contributed by atoms with Crippen molar-refractivity contribution >= 4 is 11.3 Å². The number of aliphatic hydroxyl groups excluding tert-OH is 1. The van der Waals surface area contributed by atoms with Crippen LogP contribution in [0.15, 0.2) is 6.20 Å². The Bertz CT molecular complexity index is 411. The van der Waals surface area contributed by atoms with Gasteiger partial charge in [-0.3, -0.25) is 0 Å². The van der Waals surface area contributed by atoms with E-state index in [-0.39, 0.29) is 6.10 Å². The van der Waals surface area contributed by atoms with Gasteiger partial charge in [0.2, 0.25) is 0 Å². The van der Waals surface area contributed by atoms with E-state index in [1.807, 2.05) is 17.5 Å². The van der Waals surface area contributed by atoms with Crippen molar-refractivity contribution in [2.24, 2.45) is 0 Å². The van der Waals surface area contributed by atoms with Crippen LogP contribution in [0.3, 0.4) is 0 Å². The average Bonchev–Trinajstić information content (AvgIpc) is 3.20. The molecule has 20 heavy (non-hydrogen) atoms. The summed E-state index contributed by atoms with van der Waals surface area (Å²) in [6.07, 6.45) is 7.73. The van der Waals surface area contributed by atoms with Crippen LogP contribution in [0.2, 0.25) is 0 Å². The number of nitrogens with zero attached hydrogens (tertiary/aromatic N) is 2. The topological polar surface area (TPSA) is 48.4 Å². The first kappa shape index (κ1) is 14.4. The molecular formula is C15H25N3OS. The van der Waals surface area contributed by atoms with Crippen LogP contribution in [0.25, 0.3) is 0 Å². The number of aliphatic hydroxyl groups is 1. The molecule has 112 valence electrons. The molecule has 0 spiro atoms. The van der Waals surface area contributed by atoms with Gasteiger partial charge < -0.3 is 15.3 Å². The number of aromatic nitrogens is 1. The highest BCUT2D eigenvalue weighted by Gasteiger charge is 2.26. The van der Waals surface area contributed by atoms with Crippen LogP contribution in [-0.2, 0) is 6.54 Å². The number of rotatable bonds is 7. The fourth-order valence-electron chi connectivity index (χ4n) is 2.71. The number of thiazole rings is 1. The Morgan fingerprint density at radius 2 is 2.10 bits per heavy atom. The van der Waals surface area contributed by atoms with Crippen molar-refractivity contribution < 1.29 is 5.11 Å². The van der Waals surface area contributed by atoms with Crippen LogP contribution in [0.1, 0.15) is 47.9 Å². The SMILES string of the molecule is OC1CCN(CCCNCc2cnc(C3CC3)s2)CC1. The summed E-state index contributed by atoms with van der Waals surface area (Å²) in [5.74, 6) is 0.781. The van der Waals surface area contributed by atoms with Crippen LogP contribution in [0.4, 0.5) is 0 Å². The number of hydrogen-bond donors (Lipinski definition) is 2. The molecule has 0 amide bonds. The Balaban J connectivity index is 1.26. The lowest BCUT2D eigenvalue weighted by atomic mass is 10.1. The third kappa shape index (κ3) is 4.25. The molecule has 0 atom stereocenters. The smallest absolute Gasteiger partial charge is 0.0959 e. The van der Waals surface area contributed by atoms with E-state index < -0.39 is 0 Å². The summed E-state index contributed by atoms with van der Waals surface area (Å²) < 4.78 is 0. The fraction of sp³-hybridized carbons (Fsp3) is 0.800. The number of hydrogen-bond acceptors (Lipinski definition) is 5. The van der Waals surface area contributed by atoms with E-state index >= 15 is 0 Å². The van der Waals surface area contributed by atoms with Crippen LogP contribution < -0.4 is 5.32 Å². The van der Waals surface area contributed by atoms with Crippen molar-refractivity contribution in [3.05, 3.63) is 16.1 Å². The summed E-state index contributed by atoms with van der Waals surface area (Å²) in [6, 6.07) is 0. The summed E-state index contributed by atoms with van der Waals surface area (Å²) in [7, 11) is 0. The molecule has 1 saturated heterocycles. The van der Waals surface area contributed by atoms with Gasteiger partial charge in [0.25, 0.3) is 0 Å². The second-order valence-corrected chi connectivity index (χ2v) is 7.19. The molecule has 4 nitrogen and oxygen atoms in total. The Morgan fingerprint density at radius 1 is 1.30 bits per heavy atom. The van der Waals surface area contributed by atoms with Crippen molar-refractivity contribution in [1.29, 1.82) is 0 Å². The quantitative estimate of drug-likeness (QED) is 0.755. The maximum absolute atomic E-state index is 9.46. The van der Waals surface area contributed by atoms with Crippen molar-refractivity contribution in [3.63, 3.8) is 0 Å². The monoisotopic (exact) mass is 295 g/mol. The molecule has 1 aromatic rings. The molecule has 2 heterocycles. The summed E-state index contributed by atoms with van der Waals surface area (Å²) in [5.41, 5.74) is 0. The highest BCUT2D eigenvalue weighted by atomic mass is 32.1. The zero-order valence-electron chi connectivity index (χ0n) is 12.1. The average molecular weight is 295 g/mol. The molecule has 2 fully saturated rings. The van der Waals surface area contributed by atoms with E-state index in [1.165, 1.54) is 29.1 Å². The van der Waals surface area contributed by atoms with Gasteiger partial charge >= 0.3 is 0 Å². The van der Waals surface area contributed by atoms with Gasteiger partial charge in [0.1, 0.15) is 0 Å². The highest BCUT2D eigenvalue weighted by Crippen LogP contribution is 2.41. The fourth-order valence-corrected chi connectivity index (χ4v) is 3.76. The molecule has 2 aliphatic rings. The van der Waals surface area contributed by atoms with E-state index in [0.29, 0.717) is 0 Å². The molecule has 0 aromatic carbocycles. The predicted octanol–water partition coefficient (Wildman–Crippen LogP) is 1.96. The summed E-state index contributed by atoms with van der Waals surface area (Å²) >= 11 is 1.88. The first-order valence-electron chi connectivity index (χ1n) is 7.87. The predicted molar refractivity (Wildman–Crippen MR) is 82.1 cm³/mol. The first-order valence-corrected chi connectivity index (χ1v) is 8.68. The number of piperidine rings is 1. The molecule has 1 aliphatic heterocycles. The molecule has 1 aromatic heterocycles. The third-order valence-corrected chi connectivity index (χ3v) is 5.34. The maximum Gasteiger partial charge on any atom is 0.0959 e. The van der Waals surface area contributed by atoms with Gasteiger partial charge in [0.15, 0.2) is 0 Å². The minimum absolute atomic E-state index is 0.0589. The standard InChI is InChI=1S/C15H25N3OS/c19-13-4-8-18(9-5-13)7-1-6-16-10-14-11-17-15(20-14)12-2-3-12/h11-13,16,19H,1-10H2. The van der Waals surface area contributed by atoms with Crippen LogP contribution in [0.5, 0.6) is 0 Å². The van der Waals surface area contributed by atoms with Crippen LogP contribution >= 0.6 is 11.3 Å². The molecule has 0 radical (unpaired) electrons. The molecule has 3 rings (SSSR count). The second-order valence-electron chi connectivity index (χ2n) is 6.04. The van der Waals surface area contributed by atoms with E-state index in [2.05, 4.69) is 15.2 Å². The molecule has 1 aliphatic carbocycles. The van der Waals surface area contributed by atoms with Gasteiger partial charge in [-0.1, -0.05) is 0 Å². The first-order chi connectivity index (χ1) is 9.81. The van der Waals surface area contributed by atoms with Crippen LogP contribution in [0, 0.1) is 0 Å². The summed E-state index contributed by atoms with van der Waals surface area (Å²) in [5, 5.41) is 14.3. The van der Waals surface area contributed by atoms with Crippen molar-refractivity contribution in [1.82, 2.24) is 15.2 Å². The summed E-state index contributed by atoms with van der Waals surface area (Å²) in [4.78, 5) is 8.34. The van der Waals surface area contributed by atoms with Gasteiger partial charge in [-0.25, -0.2) is 4.98 Å². The van der Waals surface area contributed by atoms with Gasteiger partial charge in [-0.05, 0) is 45.2 Å². The molecular weight excluding hydrogens is 270 g/mol. The number of likely N-dealkylation sites (tertiary alicyclic amines) is 1. The van der Waals surface area contributed by atoms with E-state index in [9.17, 15) is 5.11 Å². The zero-order valence-corrected chi connectivity index (χ0v) is 12.9. The van der Waals surface area contributed by atoms with E-state index in [0.717, 1.165) is 51.5 Å². The third-order valence-electron chi connectivity index (χ3n) is 4.18. The Labute approximate surface area is 125 Å². The lowest BCUT2D eigenvalue weighted by Gasteiger charge is -2.29. The molecule has 1 saturated carbocycles. The van der Waals surface area contributed by atoms with Gasteiger partial charge in [0, 0.05) is 36.6 Å². The largest absolute Gasteiger partial charge is 0.393 e. The molecule has 0 unspecified atom stereocenters. The molecule has 2 N–H and O–H groups in total. The normalized spacial score (nSPS) is 21.4. The molecule has 0 bridgehead atoms. The van der Waals surface area contributed by atoms with Crippen molar-refractivity contribution in [2.45, 2.75) is 50.7 Å². The van der Waals surface area contributed by atoms with E-state index in [4.69, 9.17) is 0 Å². The van der Waals surface area contributed by atoms with Crippen molar-refractivity contribution in [3.8, 4) is 0 Å². The second kappa shape index (κ2) is 6.98. The number of nitrogens with one attached hydrogen (secondary N) is 1. The van der Waals surface area contributed by atoms with Crippen LogP contribution in [-0.4, -0.2) is 47.3 Å². The lowest BCUT2D eigenvalue weighted by Crippen LogP contribution is -2.37. The molecule has 5 heteroatoms. The van der Waals surface area contributed by atoms with Gasteiger partial charge in [-0.2, -0.15) is 0 Å². The van der Waals surface area contributed by atoms with Gasteiger partial charge in [-0.15, -0.1) is 11.3 Å². The Hall–Kier alpha value is -0.490. The lowest BCUT2D eigenvalue weighted by molar-refractivity contribution is 0.0821. The Kier molecular flexibility index (Phi) is 5.04. The maximum atomic E-state index is 9.46. The highest BCUT2D eigenvalue weighted by molar-refractivity contribution is 7.11. The summed E-state index contributed by atoms with van der Waals surface area (Å²) in [6.45, 7) is 5.29. The minimum atomic E-state index is -0.0589. The zero-order chi connectivity index (χ0) is 13.8. The van der Waals surface area contributed by atoms with Crippen molar-refractivity contribution in [2.75, 3.05) is 26.2 Å².